The van der Waals surface area contributed by atoms with Crippen molar-refractivity contribution in [3.8, 4) is 0 Å². The van der Waals surface area contributed by atoms with Gasteiger partial charge in [-0.15, -0.1) is 6.58 Å². The number of rotatable bonds is 10. The molecule has 0 aliphatic rings. The van der Waals surface area contributed by atoms with Crippen molar-refractivity contribution in [1.82, 2.24) is 5.32 Å². The zero-order valence-corrected chi connectivity index (χ0v) is 9.60. The van der Waals surface area contributed by atoms with Gasteiger partial charge in [-0.2, -0.15) is 0 Å². The van der Waals surface area contributed by atoms with Crippen molar-refractivity contribution in [2.24, 2.45) is 5.73 Å². The number of nitrogens with one attached hydrogen (secondary N) is 1. The first-order chi connectivity index (χ1) is 6.85. The Morgan fingerprint density at radius 1 is 1.36 bits per heavy atom. The predicted octanol–water partition coefficient (Wildman–Crippen LogP) is 2.45. The van der Waals surface area contributed by atoms with Crippen molar-refractivity contribution in [1.29, 1.82) is 0 Å². The van der Waals surface area contributed by atoms with Crippen LogP contribution < -0.4 is 11.1 Å². The molecule has 0 spiro atoms. The zero-order valence-electron chi connectivity index (χ0n) is 9.60. The van der Waals surface area contributed by atoms with E-state index in [9.17, 15) is 0 Å². The van der Waals surface area contributed by atoms with E-state index in [1.54, 1.807) is 0 Å². The van der Waals surface area contributed by atoms with Gasteiger partial charge in [0.05, 0.1) is 0 Å². The van der Waals surface area contributed by atoms with Gasteiger partial charge in [-0.3, -0.25) is 0 Å². The van der Waals surface area contributed by atoms with E-state index < -0.39 is 0 Å². The van der Waals surface area contributed by atoms with Gasteiger partial charge in [-0.05, 0) is 19.4 Å². The lowest BCUT2D eigenvalue weighted by atomic mass is 10.1. The third-order valence-corrected chi connectivity index (χ3v) is 2.47. The number of hydrogen-bond donors (Lipinski definition) is 2. The molecule has 0 aliphatic carbocycles. The van der Waals surface area contributed by atoms with E-state index in [0.717, 1.165) is 19.5 Å². The number of hydrogen-bond acceptors (Lipinski definition) is 2. The average molecular weight is 198 g/mol. The van der Waals surface area contributed by atoms with Gasteiger partial charge < -0.3 is 11.1 Å². The molecule has 3 N–H and O–H groups in total. The van der Waals surface area contributed by atoms with Crippen LogP contribution in [0.5, 0.6) is 0 Å². The summed E-state index contributed by atoms with van der Waals surface area (Å²) in [5, 5.41) is 3.45. The van der Waals surface area contributed by atoms with Crippen LogP contribution in [0.4, 0.5) is 0 Å². The van der Waals surface area contributed by atoms with Crippen molar-refractivity contribution in [3.05, 3.63) is 12.7 Å². The molecular formula is C12H26N2. The molecule has 0 heterocycles. The summed E-state index contributed by atoms with van der Waals surface area (Å²) < 4.78 is 0. The Labute approximate surface area is 89.0 Å². The normalized spacial score (nSPS) is 12.7. The van der Waals surface area contributed by atoms with Gasteiger partial charge in [0.15, 0.2) is 0 Å². The molecule has 0 saturated carbocycles. The summed E-state index contributed by atoms with van der Waals surface area (Å²) in [6, 6.07) is 0.506. The Balaban J connectivity index is 3.33. The minimum absolute atomic E-state index is 0.506. The van der Waals surface area contributed by atoms with Crippen LogP contribution in [0.2, 0.25) is 0 Å². The van der Waals surface area contributed by atoms with E-state index in [1.165, 1.54) is 32.1 Å². The van der Waals surface area contributed by atoms with Gasteiger partial charge in [0, 0.05) is 12.6 Å². The average Bonchev–Trinajstić information content (AvgIpc) is 2.22. The highest BCUT2D eigenvalue weighted by molar-refractivity contribution is 4.72. The molecule has 1 unspecified atom stereocenters. The Hall–Kier alpha value is -0.340. The Morgan fingerprint density at radius 3 is 2.71 bits per heavy atom. The molecule has 0 aromatic carbocycles. The van der Waals surface area contributed by atoms with Crippen molar-refractivity contribution < 1.29 is 0 Å². The minimum Gasteiger partial charge on any atom is -0.329 e. The summed E-state index contributed by atoms with van der Waals surface area (Å²) in [4.78, 5) is 0. The van der Waals surface area contributed by atoms with Crippen LogP contribution in [0.15, 0.2) is 12.7 Å². The first-order valence-corrected chi connectivity index (χ1v) is 5.89. The fourth-order valence-electron chi connectivity index (χ4n) is 1.51. The third-order valence-electron chi connectivity index (χ3n) is 2.47. The lowest BCUT2D eigenvalue weighted by molar-refractivity contribution is 0.466. The summed E-state index contributed by atoms with van der Waals surface area (Å²) >= 11 is 0. The maximum absolute atomic E-state index is 5.68. The topological polar surface area (TPSA) is 38.0 Å². The molecule has 84 valence electrons. The fraction of sp³-hybridized carbons (Fsp3) is 0.833. The van der Waals surface area contributed by atoms with E-state index >= 15 is 0 Å². The summed E-state index contributed by atoms with van der Waals surface area (Å²) in [5.74, 6) is 0. The van der Waals surface area contributed by atoms with E-state index in [2.05, 4.69) is 18.8 Å². The molecule has 0 rings (SSSR count). The quantitative estimate of drug-likeness (QED) is 0.418. The van der Waals surface area contributed by atoms with Crippen LogP contribution >= 0.6 is 0 Å². The SMILES string of the molecule is C=CCCNC(CN)CCCCCC. The van der Waals surface area contributed by atoms with Crippen molar-refractivity contribution in [2.75, 3.05) is 13.1 Å². The van der Waals surface area contributed by atoms with E-state index in [0.29, 0.717) is 6.04 Å². The van der Waals surface area contributed by atoms with Gasteiger partial charge >= 0.3 is 0 Å². The summed E-state index contributed by atoms with van der Waals surface area (Å²) in [6.45, 7) is 7.70. The molecule has 0 saturated heterocycles. The largest absolute Gasteiger partial charge is 0.329 e. The van der Waals surface area contributed by atoms with Crippen LogP contribution in [0.25, 0.3) is 0 Å². The summed E-state index contributed by atoms with van der Waals surface area (Å²) in [7, 11) is 0. The minimum atomic E-state index is 0.506. The van der Waals surface area contributed by atoms with Crippen LogP contribution in [-0.2, 0) is 0 Å². The maximum atomic E-state index is 5.68. The van der Waals surface area contributed by atoms with Gasteiger partial charge in [-0.25, -0.2) is 0 Å². The molecule has 2 heteroatoms. The Bertz CT molecular complexity index is 123. The first-order valence-electron chi connectivity index (χ1n) is 5.89. The first kappa shape index (κ1) is 13.7. The lowest BCUT2D eigenvalue weighted by Crippen LogP contribution is -2.36. The van der Waals surface area contributed by atoms with Crippen LogP contribution in [0.1, 0.15) is 45.4 Å². The molecule has 0 aromatic rings. The smallest absolute Gasteiger partial charge is 0.0190 e. The van der Waals surface area contributed by atoms with E-state index in [1.807, 2.05) is 6.08 Å². The van der Waals surface area contributed by atoms with Gasteiger partial charge in [0.1, 0.15) is 0 Å². The molecule has 0 aromatic heterocycles. The van der Waals surface area contributed by atoms with Gasteiger partial charge in [0.2, 0.25) is 0 Å². The second-order valence-corrected chi connectivity index (χ2v) is 3.81. The molecule has 2 nitrogen and oxygen atoms in total. The Kier molecular flexibility index (Phi) is 10.5. The Morgan fingerprint density at radius 2 is 2.14 bits per heavy atom. The van der Waals surface area contributed by atoms with Crippen molar-refractivity contribution in [2.45, 2.75) is 51.5 Å². The molecular weight excluding hydrogens is 172 g/mol. The molecule has 0 bridgehead atoms. The molecule has 0 fully saturated rings. The number of nitrogens with two attached hydrogens (primary N) is 1. The summed E-state index contributed by atoms with van der Waals surface area (Å²) in [6.07, 6.45) is 9.49. The highest BCUT2D eigenvalue weighted by Gasteiger charge is 2.03. The summed E-state index contributed by atoms with van der Waals surface area (Å²) in [5.41, 5.74) is 5.68. The molecule has 14 heavy (non-hydrogen) atoms. The highest BCUT2D eigenvalue weighted by Crippen LogP contribution is 2.04. The third kappa shape index (κ3) is 8.27. The molecule has 0 radical (unpaired) electrons. The second-order valence-electron chi connectivity index (χ2n) is 3.81. The van der Waals surface area contributed by atoms with E-state index in [-0.39, 0.29) is 0 Å². The fourth-order valence-corrected chi connectivity index (χ4v) is 1.51. The van der Waals surface area contributed by atoms with Gasteiger partial charge in [-0.1, -0.05) is 38.7 Å². The maximum Gasteiger partial charge on any atom is 0.0190 e. The molecule has 0 aliphatic heterocycles. The van der Waals surface area contributed by atoms with Crippen LogP contribution in [0, 0.1) is 0 Å². The van der Waals surface area contributed by atoms with E-state index in [4.69, 9.17) is 5.73 Å². The number of unbranched alkanes of at least 4 members (excludes halogenated alkanes) is 3. The lowest BCUT2D eigenvalue weighted by Gasteiger charge is -2.15. The molecule has 1 atom stereocenters. The highest BCUT2D eigenvalue weighted by atomic mass is 14.9. The zero-order chi connectivity index (χ0) is 10.6. The predicted molar refractivity (Wildman–Crippen MR) is 64.4 cm³/mol. The second kappa shape index (κ2) is 10.7. The van der Waals surface area contributed by atoms with Crippen LogP contribution in [-0.4, -0.2) is 19.1 Å². The molecule has 0 amide bonds. The van der Waals surface area contributed by atoms with Gasteiger partial charge in [0.25, 0.3) is 0 Å². The van der Waals surface area contributed by atoms with Crippen LogP contribution in [0.3, 0.4) is 0 Å². The van der Waals surface area contributed by atoms with Crippen molar-refractivity contribution in [3.63, 3.8) is 0 Å². The van der Waals surface area contributed by atoms with Crippen molar-refractivity contribution >= 4 is 0 Å². The standard InChI is InChI=1S/C12H26N2/c1-3-5-7-8-9-12(11-13)14-10-6-4-2/h4,12,14H,2-3,5-11,13H2,1H3. The monoisotopic (exact) mass is 198 g/mol.